The number of ether oxygens (including phenoxy) is 2. The number of rotatable bonds is 6. The van der Waals surface area contributed by atoms with Crippen molar-refractivity contribution in [1.82, 2.24) is 0 Å². The summed E-state index contributed by atoms with van der Waals surface area (Å²) in [6.45, 7) is 2.71. The van der Waals surface area contributed by atoms with Crippen molar-refractivity contribution in [1.29, 1.82) is 0 Å². The molecular formula is C11H13F3O4S. The Hall–Kier alpha value is -1.28. The molecule has 0 aliphatic rings. The van der Waals surface area contributed by atoms with Crippen LogP contribution < -0.4 is 4.74 Å². The standard InChI is InChI=1S/C11H13F3O4S/c1-6(2)8-5-7(9(19-8)10(15)16)17-3-4-18-11(12,13)14/h5-6H,3-4H2,1-2H3,(H,15,16). The molecule has 1 N–H and O–H groups in total. The fourth-order valence-electron chi connectivity index (χ4n) is 1.24. The van der Waals surface area contributed by atoms with Gasteiger partial charge in [-0.2, -0.15) is 0 Å². The predicted octanol–water partition coefficient (Wildman–Crippen LogP) is 3.48. The second-order valence-electron chi connectivity index (χ2n) is 3.94. The van der Waals surface area contributed by atoms with Gasteiger partial charge in [0.2, 0.25) is 0 Å². The van der Waals surface area contributed by atoms with Crippen LogP contribution >= 0.6 is 11.3 Å². The molecule has 8 heteroatoms. The molecule has 1 aromatic rings. The largest absolute Gasteiger partial charge is 0.522 e. The van der Waals surface area contributed by atoms with Crippen molar-refractivity contribution in [2.24, 2.45) is 0 Å². The third-order valence-electron chi connectivity index (χ3n) is 2.09. The Balaban J connectivity index is 2.64. The van der Waals surface area contributed by atoms with E-state index in [1.165, 1.54) is 6.07 Å². The zero-order chi connectivity index (χ0) is 14.6. The Labute approximate surface area is 111 Å². The summed E-state index contributed by atoms with van der Waals surface area (Å²) in [6.07, 6.45) is -4.71. The lowest BCUT2D eigenvalue weighted by molar-refractivity contribution is -0.325. The van der Waals surface area contributed by atoms with Gasteiger partial charge in [-0.25, -0.2) is 4.79 Å². The Morgan fingerprint density at radius 3 is 2.53 bits per heavy atom. The molecule has 0 unspecified atom stereocenters. The van der Waals surface area contributed by atoms with Gasteiger partial charge in [0.05, 0.1) is 6.61 Å². The molecule has 1 aromatic heterocycles. The highest BCUT2D eigenvalue weighted by molar-refractivity contribution is 7.14. The van der Waals surface area contributed by atoms with E-state index in [1.54, 1.807) is 0 Å². The number of carbonyl (C=O) groups is 1. The van der Waals surface area contributed by atoms with Crippen LogP contribution in [0.25, 0.3) is 0 Å². The monoisotopic (exact) mass is 298 g/mol. The van der Waals surface area contributed by atoms with E-state index in [0.717, 1.165) is 16.2 Å². The fraction of sp³-hybridized carbons (Fsp3) is 0.545. The van der Waals surface area contributed by atoms with E-state index in [2.05, 4.69) is 4.74 Å². The normalized spacial score (nSPS) is 11.9. The zero-order valence-corrected chi connectivity index (χ0v) is 11.1. The summed E-state index contributed by atoms with van der Waals surface area (Å²) in [7, 11) is 0. The van der Waals surface area contributed by atoms with Crippen molar-refractivity contribution in [3.05, 3.63) is 15.8 Å². The highest BCUT2D eigenvalue weighted by Gasteiger charge is 2.28. The van der Waals surface area contributed by atoms with E-state index in [-0.39, 0.29) is 23.2 Å². The minimum atomic E-state index is -4.71. The number of carboxylic acids is 1. The van der Waals surface area contributed by atoms with Crippen LogP contribution in [0.3, 0.4) is 0 Å². The molecule has 0 saturated heterocycles. The molecule has 0 atom stereocenters. The summed E-state index contributed by atoms with van der Waals surface area (Å²) in [4.78, 5) is 11.7. The number of carboxylic acid groups (broad SMARTS) is 1. The highest BCUT2D eigenvalue weighted by Crippen LogP contribution is 2.33. The van der Waals surface area contributed by atoms with Crippen molar-refractivity contribution in [3.63, 3.8) is 0 Å². The van der Waals surface area contributed by atoms with E-state index < -0.39 is 18.9 Å². The second-order valence-corrected chi connectivity index (χ2v) is 5.03. The Morgan fingerprint density at radius 2 is 2.05 bits per heavy atom. The summed E-state index contributed by atoms with van der Waals surface area (Å²) in [5, 5.41) is 8.97. The maximum absolute atomic E-state index is 11.7. The lowest BCUT2D eigenvalue weighted by atomic mass is 10.2. The van der Waals surface area contributed by atoms with Gasteiger partial charge in [0, 0.05) is 4.88 Å². The number of halogens is 3. The Bertz CT molecular complexity index is 440. The smallest absolute Gasteiger partial charge is 0.489 e. The van der Waals surface area contributed by atoms with Gasteiger partial charge in [-0.1, -0.05) is 13.8 Å². The fourth-order valence-corrected chi connectivity index (χ4v) is 2.19. The average Bonchev–Trinajstić information content (AvgIpc) is 2.67. The number of hydrogen-bond acceptors (Lipinski definition) is 4. The average molecular weight is 298 g/mol. The van der Waals surface area contributed by atoms with Gasteiger partial charge in [0.1, 0.15) is 12.4 Å². The highest BCUT2D eigenvalue weighted by atomic mass is 32.1. The van der Waals surface area contributed by atoms with Gasteiger partial charge < -0.3 is 9.84 Å². The first kappa shape index (κ1) is 15.8. The molecule has 1 rings (SSSR count). The number of aromatic carboxylic acids is 1. The summed E-state index contributed by atoms with van der Waals surface area (Å²) >= 11 is 1.05. The molecule has 0 aliphatic heterocycles. The minimum Gasteiger partial charge on any atom is -0.489 e. The second kappa shape index (κ2) is 6.25. The molecule has 0 amide bonds. The van der Waals surface area contributed by atoms with Crippen LogP contribution in [0, 0.1) is 0 Å². The first-order chi connectivity index (χ1) is 8.70. The molecular weight excluding hydrogens is 285 g/mol. The molecule has 19 heavy (non-hydrogen) atoms. The number of thiophene rings is 1. The van der Waals surface area contributed by atoms with E-state index in [0.29, 0.717) is 0 Å². The maximum Gasteiger partial charge on any atom is 0.522 e. The first-order valence-corrected chi connectivity index (χ1v) is 6.23. The quantitative estimate of drug-likeness (QED) is 0.817. The molecule has 1 heterocycles. The molecule has 0 saturated carbocycles. The summed E-state index contributed by atoms with van der Waals surface area (Å²) in [5.41, 5.74) is 0. The molecule has 0 radical (unpaired) electrons. The first-order valence-electron chi connectivity index (χ1n) is 5.41. The molecule has 0 fully saturated rings. The van der Waals surface area contributed by atoms with Crippen LogP contribution in [-0.4, -0.2) is 30.7 Å². The number of hydrogen-bond donors (Lipinski definition) is 1. The summed E-state index contributed by atoms with van der Waals surface area (Å²) in [6, 6.07) is 1.53. The SMILES string of the molecule is CC(C)c1cc(OCCOC(F)(F)F)c(C(=O)O)s1. The van der Waals surface area contributed by atoms with Crippen molar-refractivity contribution >= 4 is 17.3 Å². The molecule has 0 spiro atoms. The minimum absolute atomic E-state index is 0.0179. The van der Waals surface area contributed by atoms with Crippen LogP contribution in [0.2, 0.25) is 0 Å². The van der Waals surface area contributed by atoms with Crippen LogP contribution in [0.1, 0.15) is 34.3 Å². The van der Waals surface area contributed by atoms with Gasteiger partial charge in [-0.05, 0) is 12.0 Å². The number of alkyl halides is 3. The molecule has 4 nitrogen and oxygen atoms in total. The lowest BCUT2D eigenvalue weighted by Crippen LogP contribution is -2.18. The van der Waals surface area contributed by atoms with Gasteiger partial charge in [-0.3, -0.25) is 4.74 Å². The van der Waals surface area contributed by atoms with Crippen molar-refractivity contribution in [2.45, 2.75) is 26.1 Å². The predicted molar refractivity (Wildman–Crippen MR) is 62.9 cm³/mol. The van der Waals surface area contributed by atoms with E-state index in [1.807, 2.05) is 13.8 Å². The van der Waals surface area contributed by atoms with E-state index in [9.17, 15) is 18.0 Å². The molecule has 108 valence electrons. The van der Waals surface area contributed by atoms with E-state index in [4.69, 9.17) is 9.84 Å². The third-order valence-corrected chi connectivity index (χ3v) is 3.49. The van der Waals surface area contributed by atoms with E-state index >= 15 is 0 Å². The molecule has 0 aliphatic carbocycles. The van der Waals surface area contributed by atoms with Gasteiger partial charge >= 0.3 is 12.3 Å². The summed E-state index contributed by atoms with van der Waals surface area (Å²) < 4.78 is 43.8. The van der Waals surface area contributed by atoms with Gasteiger partial charge in [0.15, 0.2) is 4.88 Å². The van der Waals surface area contributed by atoms with Gasteiger partial charge in [0.25, 0.3) is 0 Å². The Kier molecular flexibility index (Phi) is 5.19. The van der Waals surface area contributed by atoms with Crippen LogP contribution in [0.5, 0.6) is 5.75 Å². The van der Waals surface area contributed by atoms with Crippen LogP contribution in [0.4, 0.5) is 13.2 Å². The van der Waals surface area contributed by atoms with Crippen LogP contribution in [0.15, 0.2) is 6.07 Å². The van der Waals surface area contributed by atoms with Crippen molar-refractivity contribution < 1.29 is 32.5 Å². The molecule has 0 bridgehead atoms. The summed E-state index contributed by atoms with van der Waals surface area (Å²) in [5.74, 6) is -0.970. The zero-order valence-electron chi connectivity index (χ0n) is 10.3. The topological polar surface area (TPSA) is 55.8 Å². The van der Waals surface area contributed by atoms with Crippen molar-refractivity contribution in [2.75, 3.05) is 13.2 Å². The maximum atomic E-state index is 11.7. The lowest BCUT2D eigenvalue weighted by Gasteiger charge is -2.08. The molecule has 0 aromatic carbocycles. The van der Waals surface area contributed by atoms with Crippen molar-refractivity contribution in [3.8, 4) is 5.75 Å². The third kappa shape index (κ3) is 5.07. The van der Waals surface area contributed by atoms with Gasteiger partial charge in [-0.15, -0.1) is 24.5 Å². The Morgan fingerprint density at radius 1 is 1.42 bits per heavy atom. The van der Waals surface area contributed by atoms with Crippen LogP contribution in [-0.2, 0) is 4.74 Å².